The molecule has 4 aromatic carbocycles. The van der Waals surface area contributed by atoms with Crippen LogP contribution in [0, 0.1) is 111 Å². The van der Waals surface area contributed by atoms with Gasteiger partial charge in [-0.3, -0.25) is 0 Å². The van der Waals surface area contributed by atoms with Crippen molar-refractivity contribution in [3.05, 3.63) is 158 Å². The molecule has 0 amide bonds. The number of hydrogen-bond acceptors (Lipinski definition) is 4. The van der Waals surface area contributed by atoms with E-state index in [2.05, 4.69) is 24.7 Å². The van der Waals surface area contributed by atoms with Crippen molar-refractivity contribution in [2.45, 2.75) is 0 Å². The summed E-state index contributed by atoms with van der Waals surface area (Å²) in [6.45, 7) is -1.89. The van der Waals surface area contributed by atoms with Gasteiger partial charge >= 0.3 is 0 Å². The van der Waals surface area contributed by atoms with Crippen LogP contribution in [0.1, 0.15) is 22.8 Å². The number of nitrogens with one attached hydrogen (secondary N) is 2. The first-order valence-electron chi connectivity index (χ1n) is 19.4. The smallest absolute Gasteiger partial charge is 0.204 e. The average molecular weight is 1020 g/mol. The van der Waals surface area contributed by atoms with E-state index in [0.29, 0.717) is 48.6 Å². The first kappa shape index (κ1) is 48.0. The summed E-state index contributed by atoms with van der Waals surface area (Å²) in [6, 6.07) is 2.63. The highest BCUT2D eigenvalue weighted by Gasteiger charge is 2.35. The van der Waals surface area contributed by atoms with Gasteiger partial charge in [-0.15, -0.1) is 0 Å². The Balaban J connectivity index is 1.58. The number of benzene rings is 4. The molecule has 0 fully saturated rings. The zero-order chi connectivity index (χ0) is 51.4. The van der Waals surface area contributed by atoms with Crippen molar-refractivity contribution in [1.82, 2.24) is 19.9 Å². The van der Waals surface area contributed by atoms with Crippen molar-refractivity contribution >= 4 is 46.4 Å². The highest BCUT2D eigenvalue weighted by Crippen LogP contribution is 2.45. The Bertz CT molecular complexity index is 3590. The molecule has 71 heavy (non-hydrogen) atoms. The maximum atomic E-state index is 16.3. The summed E-state index contributed by atoms with van der Waals surface area (Å²) >= 11 is 0. The number of fused-ring (bicyclic) bond motifs is 8. The predicted octanol–water partition coefficient (Wildman–Crippen LogP) is 13.3. The van der Waals surface area contributed by atoms with Crippen LogP contribution in [0.25, 0.3) is 90.9 Å². The van der Waals surface area contributed by atoms with Crippen molar-refractivity contribution in [1.29, 1.82) is 0 Å². The number of ether oxygens (including phenoxy) is 1. The van der Waals surface area contributed by atoms with Crippen LogP contribution in [0.4, 0.5) is 83.4 Å². The van der Waals surface area contributed by atoms with Gasteiger partial charge in [0.05, 0.1) is 51.6 Å². The third kappa shape index (κ3) is 7.18. The van der Waals surface area contributed by atoms with Crippen LogP contribution in [0.15, 0.2) is 24.3 Å². The highest BCUT2D eigenvalue weighted by molar-refractivity contribution is 6.00. The number of H-pyrrole nitrogens is 2. The van der Waals surface area contributed by atoms with Crippen molar-refractivity contribution in [2.24, 2.45) is 0 Å². The fourth-order valence-electron chi connectivity index (χ4n) is 7.84. The number of aliphatic hydroxyl groups is 1. The zero-order valence-electron chi connectivity index (χ0n) is 34.0. The number of hydrogen-bond donors (Lipinski definition) is 3. The highest BCUT2D eigenvalue weighted by atomic mass is 19.2. The van der Waals surface area contributed by atoms with Crippen molar-refractivity contribution in [3.8, 4) is 50.3 Å². The summed E-state index contributed by atoms with van der Waals surface area (Å²) in [6.07, 6.45) is 2.52. The maximum absolute atomic E-state index is 16.3. The van der Waals surface area contributed by atoms with Gasteiger partial charge in [0.15, 0.2) is 87.2 Å². The summed E-state index contributed by atoms with van der Waals surface area (Å²) in [4.78, 5) is 12.5. The quantitative estimate of drug-likeness (QED) is 0.0843. The van der Waals surface area contributed by atoms with Gasteiger partial charge in [-0.1, -0.05) is 0 Å². The molecule has 0 saturated carbocycles. The topological polar surface area (TPSA) is 86.8 Å². The van der Waals surface area contributed by atoms with Crippen LogP contribution in [-0.2, 0) is 0 Å². The van der Waals surface area contributed by atoms with E-state index in [1.54, 1.807) is 0 Å². The molecule has 3 aromatic heterocycles. The van der Waals surface area contributed by atoms with Gasteiger partial charge in [0.1, 0.15) is 6.61 Å². The molecule has 0 unspecified atom stereocenters. The van der Waals surface area contributed by atoms with E-state index in [-0.39, 0.29) is 0 Å². The monoisotopic (exact) mass is 1020 g/mol. The molecule has 0 saturated heterocycles. The predicted molar refractivity (Wildman–Crippen MR) is 212 cm³/mol. The first-order chi connectivity index (χ1) is 33.6. The van der Waals surface area contributed by atoms with Crippen molar-refractivity contribution < 1.29 is 93.3 Å². The lowest BCUT2D eigenvalue weighted by Gasteiger charge is -2.13. The SMILES string of the molecule is OCCOc1c(F)c(F)c(-c2c3nc(c(-c4c(F)c(F)c(F)c(F)c4F)c4ccc([nH]4)c(-c4c(F)c(F)c(F)c(F)c4F)c4nc(c(-c5c(F)c(F)c(F)c(F)c5F)c5ccc2[nH]5)C=C4)C=C3)c(F)c1F. The van der Waals surface area contributed by atoms with Crippen LogP contribution < -0.4 is 4.74 Å². The lowest BCUT2D eigenvalue weighted by Crippen LogP contribution is -2.09. The van der Waals surface area contributed by atoms with Crippen LogP contribution in [-0.4, -0.2) is 38.3 Å². The molecule has 0 spiro atoms. The van der Waals surface area contributed by atoms with Gasteiger partial charge in [-0.05, 0) is 48.6 Å². The molecule has 7 aromatic rings. The molecule has 3 N–H and O–H groups in total. The average Bonchev–Trinajstić information content (AvgIpc) is 4.22. The standard InChI is InChI=1S/C46H15F19N4O2/c47-27-23(28(48)36(56)41(61)35(27)55)19-11-1-3-13(66-11)20(24-29(49)37(57)42(62)38(58)30(24)50)15-5-7-17(68-15)22(26-33(53)44(64)46(71-10-9-70)45(65)34(26)54)18-8-6-16(69-18)21(14-4-2-12(19)67-14)25-31(51)39(59)43(63)40(60)32(25)52/h1-8,66,69-70H,9-10H2. The Morgan fingerprint density at radius 3 is 0.746 bits per heavy atom. The fraction of sp³-hybridized carbons (Fsp3) is 0.0435. The minimum absolute atomic E-state index is 0.616. The summed E-state index contributed by atoms with van der Waals surface area (Å²) in [5.74, 6) is -50.3. The van der Waals surface area contributed by atoms with Gasteiger partial charge in [0, 0.05) is 44.3 Å². The minimum atomic E-state index is -2.71. The number of nitrogens with zero attached hydrogens (tertiary/aromatic N) is 2. The van der Waals surface area contributed by atoms with Gasteiger partial charge in [0.2, 0.25) is 29.1 Å². The largest absolute Gasteiger partial charge is 0.485 e. The molecular formula is C46H15F19N4O2. The Kier molecular flexibility index (Phi) is 11.7. The second-order valence-electron chi connectivity index (χ2n) is 14.9. The molecule has 9 rings (SSSR count). The number of aromatic nitrogens is 4. The van der Waals surface area contributed by atoms with E-state index in [1.165, 1.54) is 0 Å². The van der Waals surface area contributed by atoms with Crippen LogP contribution >= 0.6 is 0 Å². The van der Waals surface area contributed by atoms with Gasteiger partial charge < -0.3 is 19.8 Å². The summed E-state index contributed by atoms with van der Waals surface area (Å²) in [5.41, 5.74) is -20.0. The van der Waals surface area contributed by atoms with Gasteiger partial charge in [-0.25, -0.2) is 84.6 Å². The van der Waals surface area contributed by atoms with Crippen LogP contribution in [0.2, 0.25) is 0 Å². The summed E-state index contributed by atoms with van der Waals surface area (Å²) in [7, 11) is 0. The molecule has 2 aliphatic rings. The Morgan fingerprint density at radius 1 is 0.310 bits per heavy atom. The Hall–Kier alpha value is -8.09. The van der Waals surface area contributed by atoms with Crippen LogP contribution in [0.3, 0.4) is 0 Å². The molecule has 2 aliphatic heterocycles. The Morgan fingerprint density at radius 2 is 0.521 bits per heavy atom. The molecule has 8 bridgehead atoms. The van der Waals surface area contributed by atoms with E-state index in [1.807, 2.05) is 0 Å². The summed E-state index contributed by atoms with van der Waals surface area (Å²) < 4.78 is 297. The number of aromatic amines is 2. The molecule has 0 atom stereocenters. The Labute approximate surface area is 380 Å². The molecule has 0 aliphatic carbocycles. The molecule has 5 heterocycles. The van der Waals surface area contributed by atoms with E-state index in [4.69, 9.17) is 5.11 Å². The first-order valence-corrected chi connectivity index (χ1v) is 19.4. The summed E-state index contributed by atoms with van der Waals surface area (Å²) in [5, 5.41) is 9.10. The van der Waals surface area contributed by atoms with Crippen molar-refractivity contribution in [3.63, 3.8) is 0 Å². The van der Waals surface area contributed by atoms with E-state index >= 15 is 43.9 Å². The van der Waals surface area contributed by atoms with Crippen LogP contribution in [0.5, 0.6) is 5.75 Å². The molecular weight excluding hydrogens is 1000 g/mol. The second kappa shape index (κ2) is 17.4. The molecule has 364 valence electrons. The third-order valence-electron chi connectivity index (χ3n) is 10.9. The molecule has 25 heteroatoms. The van der Waals surface area contributed by atoms with Gasteiger partial charge in [-0.2, -0.15) is 8.78 Å². The third-order valence-corrected chi connectivity index (χ3v) is 10.9. The lowest BCUT2D eigenvalue weighted by molar-refractivity contribution is 0.187. The fourth-order valence-corrected chi connectivity index (χ4v) is 7.84. The molecule has 0 radical (unpaired) electrons. The zero-order valence-corrected chi connectivity index (χ0v) is 34.0. The number of aliphatic hydroxyl groups excluding tert-OH is 1. The molecule has 6 nitrogen and oxygen atoms in total. The normalized spacial score (nSPS) is 12.2. The maximum Gasteiger partial charge on any atom is 0.204 e. The van der Waals surface area contributed by atoms with E-state index in [9.17, 15) is 39.5 Å². The second-order valence-corrected chi connectivity index (χ2v) is 14.9. The van der Waals surface area contributed by atoms with E-state index in [0.717, 1.165) is 0 Å². The lowest BCUT2D eigenvalue weighted by atomic mass is 10.0. The minimum Gasteiger partial charge on any atom is -0.485 e. The van der Waals surface area contributed by atoms with Gasteiger partial charge in [0.25, 0.3) is 0 Å². The van der Waals surface area contributed by atoms with Crippen molar-refractivity contribution in [2.75, 3.05) is 13.2 Å². The number of rotatable bonds is 7. The van der Waals surface area contributed by atoms with E-state index < -0.39 is 219 Å². The number of halogens is 19.